The Hall–Kier alpha value is -1.07. The van der Waals surface area contributed by atoms with Crippen molar-refractivity contribution in [3.8, 4) is 0 Å². The number of aliphatic hydroxyl groups excluding tert-OH is 3. The van der Waals surface area contributed by atoms with Crippen molar-refractivity contribution in [2.45, 2.75) is 30.8 Å². The van der Waals surface area contributed by atoms with Crippen LogP contribution in [0.4, 0.5) is 0 Å². The highest BCUT2D eigenvalue weighted by atomic mass is 31.2. The van der Waals surface area contributed by atoms with E-state index in [0.717, 1.165) is 6.16 Å². The highest BCUT2D eigenvalue weighted by Crippen LogP contribution is 2.39. The summed E-state index contributed by atoms with van der Waals surface area (Å²) in [6.07, 6.45) is 3.55. The van der Waals surface area contributed by atoms with E-state index < -0.39 is 48.9 Å². The Labute approximate surface area is 130 Å². The van der Waals surface area contributed by atoms with Gasteiger partial charge in [0.15, 0.2) is 5.76 Å². The van der Waals surface area contributed by atoms with Crippen molar-refractivity contribution in [2.75, 3.05) is 19.5 Å². The average molecular weight is 329 g/mol. The fourth-order valence-electron chi connectivity index (χ4n) is 2.72. The van der Waals surface area contributed by atoms with E-state index in [1.54, 1.807) is 0 Å². The number of amides is 1. The largest absolute Gasteiger partial charge is 0.503 e. The van der Waals surface area contributed by atoms with E-state index in [9.17, 15) is 20.1 Å². The van der Waals surface area contributed by atoms with Crippen LogP contribution in [-0.4, -0.2) is 71.4 Å². The molecule has 1 saturated heterocycles. The van der Waals surface area contributed by atoms with Crippen LogP contribution in [0.25, 0.3) is 0 Å². The van der Waals surface area contributed by atoms with Crippen LogP contribution in [0.2, 0.25) is 0 Å². The van der Waals surface area contributed by atoms with Crippen molar-refractivity contribution < 1.29 is 24.9 Å². The van der Waals surface area contributed by atoms with Gasteiger partial charge in [-0.15, -0.1) is 13.2 Å². The minimum Gasteiger partial charge on any atom is -0.503 e. The first kappa shape index (κ1) is 17.3. The molecule has 2 aliphatic rings. The van der Waals surface area contributed by atoms with Crippen LogP contribution >= 0.6 is 6.89 Å². The second-order valence-electron chi connectivity index (χ2n) is 6.63. The summed E-state index contributed by atoms with van der Waals surface area (Å²) in [7, 11) is 0. The van der Waals surface area contributed by atoms with Gasteiger partial charge in [0.1, 0.15) is 12.2 Å². The van der Waals surface area contributed by atoms with Gasteiger partial charge in [-0.2, -0.15) is 0 Å². The Kier molecular flexibility index (Phi) is 4.87. The molecule has 0 aliphatic carbocycles. The molecule has 0 radical (unpaired) electrons. The number of hydrogen-bond donors (Lipinski definition) is 4. The molecule has 0 aromatic heterocycles. The zero-order chi connectivity index (χ0) is 16.7. The topological polar surface area (TPSA) is 99.0 Å². The third-order valence-corrected chi connectivity index (χ3v) is 5.49. The molecular formula is C15H24NO5P. The maximum absolute atomic E-state index is 11.3. The normalized spacial score (nSPS) is 36.2. The smallest absolute Gasteiger partial charge is 0.289 e. The van der Waals surface area contributed by atoms with Crippen molar-refractivity contribution in [2.24, 2.45) is 5.92 Å². The lowest BCUT2D eigenvalue weighted by Gasteiger charge is -2.28. The number of carbonyl (C=O) groups is 1. The van der Waals surface area contributed by atoms with E-state index in [1.165, 1.54) is 6.08 Å². The number of hydrogen-bond acceptors (Lipinski definition) is 5. The minimum absolute atomic E-state index is 0.338. The summed E-state index contributed by atoms with van der Waals surface area (Å²) < 4.78 is 5.80. The Morgan fingerprint density at radius 1 is 1.36 bits per heavy atom. The second-order valence-corrected chi connectivity index (χ2v) is 10.9. The lowest BCUT2D eigenvalue weighted by Crippen LogP contribution is -2.42. The molecule has 1 amide bonds. The van der Waals surface area contributed by atoms with Crippen LogP contribution in [0.3, 0.4) is 0 Å². The average Bonchev–Trinajstić information content (AvgIpc) is 2.68. The molecule has 0 aromatic carbocycles. The monoisotopic (exact) mass is 329 g/mol. The lowest BCUT2D eigenvalue weighted by molar-refractivity contribution is -0.120. The van der Waals surface area contributed by atoms with Crippen LogP contribution in [0.15, 0.2) is 24.1 Å². The third kappa shape index (κ3) is 3.63. The van der Waals surface area contributed by atoms with Gasteiger partial charge in [0.05, 0.1) is 12.2 Å². The fraction of sp³-hybridized carbons (Fsp3) is 0.600. The van der Waals surface area contributed by atoms with Crippen LogP contribution in [0.1, 0.15) is 6.42 Å². The van der Waals surface area contributed by atoms with Crippen molar-refractivity contribution in [3.05, 3.63) is 24.1 Å². The first-order chi connectivity index (χ1) is 10.1. The van der Waals surface area contributed by atoms with E-state index in [4.69, 9.17) is 4.74 Å². The third-order valence-electron chi connectivity index (χ3n) is 4.02. The van der Waals surface area contributed by atoms with Gasteiger partial charge in [-0.05, 0) is 32.0 Å². The molecule has 7 heteroatoms. The van der Waals surface area contributed by atoms with Crippen LogP contribution in [-0.2, 0) is 9.53 Å². The molecule has 0 spiro atoms. The molecule has 2 heterocycles. The molecule has 0 saturated carbocycles. The van der Waals surface area contributed by atoms with Crippen LogP contribution in [0, 0.1) is 5.92 Å². The zero-order valence-electron chi connectivity index (χ0n) is 12.9. The molecule has 5 atom stereocenters. The Morgan fingerprint density at radius 2 is 2.00 bits per heavy atom. The van der Waals surface area contributed by atoms with Crippen molar-refractivity contribution in [3.63, 3.8) is 0 Å². The summed E-state index contributed by atoms with van der Waals surface area (Å²) in [6.45, 7) is 6.68. The maximum atomic E-state index is 11.3. The molecule has 2 aliphatic heterocycles. The molecule has 2 rings (SSSR count). The number of aliphatic hydroxyl groups is 3. The predicted molar refractivity (Wildman–Crippen MR) is 87.5 cm³/mol. The van der Waals surface area contributed by atoms with Gasteiger partial charge < -0.3 is 25.4 Å². The molecule has 0 bridgehead atoms. The number of nitrogens with one attached hydrogen (secondary N) is 1. The fourth-order valence-corrected chi connectivity index (χ4v) is 3.68. The summed E-state index contributed by atoms with van der Waals surface area (Å²) in [5.74, 6) is -1.64. The van der Waals surface area contributed by atoms with Gasteiger partial charge in [-0.3, -0.25) is 4.79 Å². The van der Waals surface area contributed by atoms with E-state index in [1.807, 2.05) is 0 Å². The number of ether oxygens (including phenoxy) is 1. The molecule has 124 valence electrons. The highest BCUT2D eigenvalue weighted by Gasteiger charge is 2.47. The van der Waals surface area contributed by atoms with Gasteiger partial charge in [-0.1, -0.05) is 6.58 Å². The standard InChI is InChI=1S/C15H24NO5P/c1-8-9(7-10(17)15(20)16-8)14-13(19)12(18)11(21-14)5-6-22(2,3)4/h7,9,11-14,17-19H,1-2,5-6H2,3-4H3,(H,16,20)/t9?,11-,12-,13-,14+/m1/s1. The quantitative estimate of drug-likeness (QED) is 0.555. The Bertz CT molecular complexity index is 552. The van der Waals surface area contributed by atoms with Gasteiger partial charge in [0, 0.05) is 11.6 Å². The van der Waals surface area contributed by atoms with Crippen LogP contribution < -0.4 is 5.32 Å². The van der Waals surface area contributed by atoms with Gasteiger partial charge in [0.25, 0.3) is 5.91 Å². The molecule has 1 unspecified atom stereocenters. The van der Waals surface area contributed by atoms with E-state index in [-0.39, 0.29) is 0 Å². The molecular weight excluding hydrogens is 305 g/mol. The van der Waals surface area contributed by atoms with E-state index in [0.29, 0.717) is 12.1 Å². The minimum atomic E-state index is -1.25. The molecule has 22 heavy (non-hydrogen) atoms. The summed E-state index contributed by atoms with van der Waals surface area (Å²) in [5.41, 5.74) is 0.338. The molecule has 1 fully saturated rings. The first-order valence-corrected chi connectivity index (χ1v) is 10.3. The predicted octanol–water partition coefficient (Wildman–Crippen LogP) is 0.276. The van der Waals surface area contributed by atoms with Gasteiger partial charge in [0.2, 0.25) is 0 Å². The summed E-state index contributed by atoms with van der Waals surface area (Å²) >= 11 is 0. The van der Waals surface area contributed by atoms with E-state index in [2.05, 4.69) is 31.5 Å². The second kappa shape index (κ2) is 6.20. The SMILES string of the molecule is C=C1NC(=O)C(O)=CC1[C@@H]1O[C@H](CCP(=C)(C)C)[C@@H](O)[C@H]1O. The number of rotatable bonds is 4. The summed E-state index contributed by atoms with van der Waals surface area (Å²) in [5, 5.41) is 32.4. The van der Waals surface area contributed by atoms with Crippen molar-refractivity contribution in [1.82, 2.24) is 5.32 Å². The van der Waals surface area contributed by atoms with Gasteiger partial charge in [-0.25, -0.2) is 0 Å². The summed E-state index contributed by atoms with van der Waals surface area (Å²) in [6, 6.07) is 0. The lowest BCUT2D eigenvalue weighted by atomic mass is 9.91. The molecule has 4 N–H and O–H groups in total. The zero-order valence-corrected chi connectivity index (χ0v) is 13.8. The molecule has 6 nitrogen and oxygen atoms in total. The van der Waals surface area contributed by atoms with Gasteiger partial charge >= 0.3 is 0 Å². The summed E-state index contributed by atoms with van der Waals surface area (Å²) in [4.78, 5) is 11.3. The van der Waals surface area contributed by atoms with Crippen molar-refractivity contribution in [1.29, 1.82) is 0 Å². The first-order valence-electron chi connectivity index (χ1n) is 7.20. The highest BCUT2D eigenvalue weighted by molar-refractivity contribution is 7.72. The van der Waals surface area contributed by atoms with Crippen LogP contribution in [0.5, 0.6) is 0 Å². The maximum Gasteiger partial charge on any atom is 0.289 e. The number of carbonyl (C=O) groups excluding carboxylic acids is 1. The van der Waals surface area contributed by atoms with Crippen molar-refractivity contribution >= 4 is 19.1 Å². The van der Waals surface area contributed by atoms with E-state index >= 15 is 0 Å². The Morgan fingerprint density at radius 3 is 2.59 bits per heavy atom. The Balaban J connectivity index is 2.11. The molecule has 0 aromatic rings.